The molecule has 4 nitrogen and oxygen atoms in total. The third-order valence-corrected chi connectivity index (χ3v) is 2.93. The Hall–Kier alpha value is -2.62. The predicted octanol–water partition coefficient (Wildman–Crippen LogP) is 2.08. The summed E-state index contributed by atoms with van der Waals surface area (Å²) in [6.07, 6.45) is 0. The van der Waals surface area contributed by atoms with E-state index < -0.39 is 5.91 Å². The molecule has 0 aliphatic carbocycles. The number of benzene rings is 2. The number of para-hydroxylation sites is 2. The van der Waals surface area contributed by atoms with Gasteiger partial charge in [-0.05, 0) is 36.4 Å². The second-order valence-electron chi connectivity index (χ2n) is 4.07. The maximum Gasteiger partial charge on any atom is 0.262 e. The zero-order chi connectivity index (χ0) is 12.7. The van der Waals surface area contributed by atoms with E-state index >= 15 is 0 Å². The first-order valence-electron chi connectivity index (χ1n) is 5.52. The van der Waals surface area contributed by atoms with Gasteiger partial charge < -0.3 is 5.73 Å². The summed E-state index contributed by atoms with van der Waals surface area (Å²) in [7, 11) is 0. The minimum Gasteiger partial charge on any atom is -0.366 e. The highest BCUT2D eigenvalue weighted by molar-refractivity contribution is 6.22. The predicted molar refractivity (Wildman–Crippen MR) is 67.9 cm³/mol. The van der Waals surface area contributed by atoms with Gasteiger partial charge >= 0.3 is 0 Å². The van der Waals surface area contributed by atoms with E-state index in [9.17, 15) is 9.59 Å². The Balaban J connectivity index is 1.85. The molecule has 2 N–H and O–H groups in total. The number of rotatable bonds is 2. The summed E-state index contributed by atoms with van der Waals surface area (Å²) in [6, 6.07) is 13.9. The van der Waals surface area contributed by atoms with Gasteiger partial charge in [-0.3, -0.25) is 14.5 Å². The smallest absolute Gasteiger partial charge is 0.262 e. The molecule has 0 spiro atoms. The molecule has 2 aromatic carbocycles. The summed E-state index contributed by atoms with van der Waals surface area (Å²) in [5.74, 6) is -0.587. The number of amides is 2. The summed E-state index contributed by atoms with van der Waals surface area (Å²) in [5, 5.41) is 0. The van der Waals surface area contributed by atoms with Crippen LogP contribution in [-0.4, -0.2) is 11.8 Å². The minimum absolute atomic E-state index is 0.0905. The lowest BCUT2D eigenvalue weighted by Gasteiger charge is -2.02. The molecule has 88 valence electrons. The van der Waals surface area contributed by atoms with Crippen LogP contribution in [0, 0.1) is 0 Å². The lowest BCUT2D eigenvalue weighted by atomic mass is 10.1. The molecule has 4 heteroatoms. The fourth-order valence-electron chi connectivity index (χ4n) is 1.93. The Morgan fingerprint density at radius 2 is 1.33 bits per heavy atom. The zero-order valence-corrected chi connectivity index (χ0v) is 9.46. The van der Waals surface area contributed by atoms with Crippen molar-refractivity contribution < 1.29 is 9.59 Å². The van der Waals surface area contributed by atoms with Crippen LogP contribution >= 0.6 is 0 Å². The van der Waals surface area contributed by atoms with E-state index in [0.29, 0.717) is 11.1 Å². The molecule has 2 amide bonds. The van der Waals surface area contributed by atoms with Crippen LogP contribution in [0.15, 0.2) is 48.5 Å². The molecule has 2 aromatic rings. The number of fused-ring (bicyclic) bond motifs is 1. The Morgan fingerprint density at radius 3 is 1.83 bits per heavy atom. The molecule has 0 radical (unpaired) electrons. The molecule has 0 saturated carbocycles. The van der Waals surface area contributed by atoms with Gasteiger partial charge in [-0.25, -0.2) is 0 Å². The Bertz CT molecular complexity index is 624. The van der Waals surface area contributed by atoms with Gasteiger partial charge in [0, 0.05) is 11.1 Å². The fraction of sp³-hybridized carbons (Fsp3) is 0. The first kappa shape index (κ1) is 10.5. The van der Waals surface area contributed by atoms with Crippen molar-refractivity contribution in [2.24, 2.45) is 5.73 Å². The summed E-state index contributed by atoms with van der Waals surface area (Å²) in [4.78, 5) is 24.7. The minimum atomic E-state index is -0.496. The van der Waals surface area contributed by atoms with Crippen LogP contribution < -0.4 is 10.6 Å². The highest BCUT2D eigenvalue weighted by atomic mass is 16.2. The molecule has 18 heavy (non-hydrogen) atoms. The fourth-order valence-corrected chi connectivity index (χ4v) is 1.93. The van der Waals surface area contributed by atoms with Crippen molar-refractivity contribution in [2.45, 2.75) is 0 Å². The van der Waals surface area contributed by atoms with Gasteiger partial charge in [-0.15, -0.1) is 0 Å². The van der Waals surface area contributed by atoms with Crippen LogP contribution in [0.3, 0.4) is 0 Å². The number of nitrogens with zero attached hydrogens (tertiary/aromatic N) is 1. The van der Waals surface area contributed by atoms with Gasteiger partial charge in [-0.2, -0.15) is 0 Å². The van der Waals surface area contributed by atoms with E-state index in [1.54, 1.807) is 29.2 Å². The van der Waals surface area contributed by atoms with Crippen LogP contribution in [0.1, 0.15) is 20.7 Å². The SMILES string of the molecule is NC(=O)c1ccc(C(=O)N2c3ccccc32)cc1. The van der Waals surface area contributed by atoms with Gasteiger partial charge in [0.2, 0.25) is 5.91 Å². The topological polar surface area (TPSA) is 63.2 Å². The van der Waals surface area contributed by atoms with E-state index in [2.05, 4.69) is 0 Å². The van der Waals surface area contributed by atoms with E-state index in [0.717, 1.165) is 11.4 Å². The normalized spacial score (nSPS) is 11.9. The molecule has 1 heterocycles. The molecule has 0 bridgehead atoms. The zero-order valence-electron chi connectivity index (χ0n) is 9.46. The first-order chi connectivity index (χ1) is 8.68. The summed E-state index contributed by atoms with van der Waals surface area (Å²) < 4.78 is 0. The average Bonchev–Trinajstić information content (AvgIpc) is 3.12. The average molecular weight is 238 g/mol. The molecular formula is C14H10N2O2. The molecule has 0 saturated heterocycles. The van der Waals surface area contributed by atoms with E-state index in [-0.39, 0.29) is 5.91 Å². The third-order valence-electron chi connectivity index (χ3n) is 2.93. The summed E-state index contributed by atoms with van der Waals surface area (Å²) >= 11 is 0. The number of primary amides is 1. The van der Waals surface area contributed by atoms with Crippen molar-refractivity contribution in [3.05, 3.63) is 59.7 Å². The van der Waals surface area contributed by atoms with Crippen molar-refractivity contribution in [3.8, 4) is 0 Å². The molecule has 1 aliphatic rings. The lowest BCUT2D eigenvalue weighted by Crippen LogP contribution is -2.14. The number of nitrogens with two attached hydrogens (primary N) is 1. The van der Waals surface area contributed by atoms with E-state index in [1.807, 2.05) is 24.3 Å². The van der Waals surface area contributed by atoms with Crippen molar-refractivity contribution in [1.29, 1.82) is 0 Å². The molecule has 0 unspecified atom stereocenters. The maximum absolute atomic E-state index is 12.2. The molecule has 0 fully saturated rings. The second kappa shape index (κ2) is 3.70. The maximum atomic E-state index is 12.2. The molecule has 0 aromatic heterocycles. The van der Waals surface area contributed by atoms with Gasteiger partial charge in [0.1, 0.15) is 0 Å². The summed E-state index contributed by atoms with van der Waals surface area (Å²) in [6.45, 7) is 0. The Labute approximate surface area is 104 Å². The molecular weight excluding hydrogens is 228 g/mol. The van der Waals surface area contributed by atoms with Crippen molar-refractivity contribution in [1.82, 2.24) is 0 Å². The van der Waals surface area contributed by atoms with Gasteiger partial charge in [0.05, 0.1) is 11.4 Å². The largest absolute Gasteiger partial charge is 0.366 e. The number of anilines is 2. The van der Waals surface area contributed by atoms with Crippen LogP contribution in [0.2, 0.25) is 0 Å². The van der Waals surface area contributed by atoms with Gasteiger partial charge in [-0.1, -0.05) is 12.1 Å². The Morgan fingerprint density at radius 1 is 0.833 bits per heavy atom. The van der Waals surface area contributed by atoms with Crippen molar-refractivity contribution in [2.75, 3.05) is 4.90 Å². The highest BCUT2D eigenvalue weighted by Gasteiger charge is 2.34. The van der Waals surface area contributed by atoms with Crippen LogP contribution in [0.5, 0.6) is 0 Å². The highest BCUT2D eigenvalue weighted by Crippen LogP contribution is 2.48. The third kappa shape index (κ3) is 1.55. The van der Waals surface area contributed by atoms with Crippen molar-refractivity contribution in [3.63, 3.8) is 0 Å². The van der Waals surface area contributed by atoms with E-state index in [4.69, 9.17) is 5.73 Å². The standard InChI is InChI=1S/C14H10N2O2/c15-13(17)9-5-7-10(8-6-9)14(18)16-11-3-1-2-4-12(11)16/h1-8H,(H2,15,17). The number of carbonyl (C=O) groups is 2. The van der Waals surface area contributed by atoms with Crippen LogP contribution in [-0.2, 0) is 0 Å². The van der Waals surface area contributed by atoms with Gasteiger partial charge in [0.25, 0.3) is 5.91 Å². The first-order valence-corrected chi connectivity index (χ1v) is 5.52. The summed E-state index contributed by atoms with van der Waals surface area (Å²) in [5.41, 5.74) is 7.95. The van der Waals surface area contributed by atoms with Crippen LogP contribution in [0.4, 0.5) is 11.4 Å². The molecule has 0 atom stereocenters. The van der Waals surface area contributed by atoms with Gasteiger partial charge in [0.15, 0.2) is 0 Å². The quantitative estimate of drug-likeness (QED) is 0.814. The number of carbonyl (C=O) groups excluding carboxylic acids is 2. The van der Waals surface area contributed by atoms with Crippen LogP contribution in [0.25, 0.3) is 0 Å². The lowest BCUT2D eigenvalue weighted by molar-refractivity contribution is 0.0991. The number of hydrogen-bond acceptors (Lipinski definition) is 2. The molecule has 3 rings (SSSR count). The Kier molecular flexibility index (Phi) is 2.16. The molecule has 1 aliphatic heterocycles. The monoisotopic (exact) mass is 238 g/mol. The van der Waals surface area contributed by atoms with Crippen molar-refractivity contribution >= 4 is 23.2 Å². The van der Waals surface area contributed by atoms with E-state index in [1.165, 1.54) is 0 Å². The second-order valence-corrected chi connectivity index (χ2v) is 4.07. The number of hydrogen-bond donors (Lipinski definition) is 1.